The zero-order chi connectivity index (χ0) is 17.6. The van der Waals surface area contributed by atoms with Crippen molar-refractivity contribution in [2.24, 2.45) is 0 Å². The molecule has 0 fully saturated rings. The van der Waals surface area contributed by atoms with Crippen LogP contribution in [0.15, 0.2) is 42.7 Å². The van der Waals surface area contributed by atoms with E-state index in [1.54, 1.807) is 17.1 Å². The van der Waals surface area contributed by atoms with Crippen LogP contribution in [0.25, 0.3) is 5.82 Å². The zero-order valence-electron chi connectivity index (χ0n) is 14.9. The minimum atomic E-state index is 0.653. The molecule has 130 valence electrons. The van der Waals surface area contributed by atoms with Gasteiger partial charge in [0.2, 0.25) is 0 Å². The van der Waals surface area contributed by atoms with Crippen molar-refractivity contribution in [1.29, 1.82) is 0 Å². The molecule has 0 aliphatic carbocycles. The van der Waals surface area contributed by atoms with Gasteiger partial charge in [-0.15, -0.1) is 0 Å². The lowest BCUT2D eigenvalue weighted by atomic mass is 10.2. The molecule has 0 amide bonds. The van der Waals surface area contributed by atoms with E-state index in [-0.39, 0.29) is 0 Å². The predicted octanol–water partition coefficient (Wildman–Crippen LogP) is 3.47. The van der Waals surface area contributed by atoms with E-state index in [1.807, 2.05) is 44.2 Å². The van der Waals surface area contributed by atoms with Crippen molar-refractivity contribution in [3.63, 3.8) is 0 Å². The summed E-state index contributed by atoms with van der Waals surface area (Å²) in [6.45, 7) is 7.45. The van der Waals surface area contributed by atoms with Crippen molar-refractivity contribution in [3.05, 3.63) is 59.7 Å². The number of ether oxygens (including phenoxy) is 1. The fraction of sp³-hybridized carbons (Fsp3) is 0.316. The average molecular weight is 337 g/mol. The van der Waals surface area contributed by atoms with Gasteiger partial charge in [-0.2, -0.15) is 5.10 Å². The minimum absolute atomic E-state index is 0.653. The van der Waals surface area contributed by atoms with E-state index in [4.69, 9.17) is 4.74 Å². The van der Waals surface area contributed by atoms with Gasteiger partial charge in [0.1, 0.15) is 11.6 Å². The SMILES string of the molecule is Cc1ccc(OCCCNc2cncc(-n3nc(C)cc3C)n2)cc1. The van der Waals surface area contributed by atoms with Gasteiger partial charge in [0, 0.05) is 12.2 Å². The van der Waals surface area contributed by atoms with E-state index >= 15 is 0 Å². The maximum Gasteiger partial charge on any atom is 0.174 e. The number of hydrogen-bond acceptors (Lipinski definition) is 5. The fourth-order valence-electron chi connectivity index (χ4n) is 2.52. The van der Waals surface area contributed by atoms with Gasteiger partial charge in [-0.05, 0) is 45.4 Å². The molecule has 0 saturated heterocycles. The standard InChI is InChI=1S/C19H23N5O/c1-14-5-7-17(8-6-14)25-10-4-9-21-18-12-20-13-19(22-18)24-16(3)11-15(2)23-24/h5-8,11-13H,4,9-10H2,1-3H3,(H,21,22). The lowest BCUT2D eigenvalue weighted by molar-refractivity contribution is 0.315. The molecule has 0 aliphatic rings. The van der Waals surface area contributed by atoms with Crippen molar-refractivity contribution < 1.29 is 4.74 Å². The zero-order valence-corrected chi connectivity index (χ0v) is 14.9. The summed E-state index contributed by atoms with van der Waals surface area (Å²) in [6.07, 6.45) is 4.31. The molecule has 2 aromatic heterocycles. The molecule has 25 heavy (non-hydrogen) atoms. The molecule has 0 bridgehead atoms. The second kappa shape index (κ2) is 7.79. The molecule has 6 nitrogen and oxygen atoms in total. The molecule has 0 atom stereocenters. The summed E-state index contributed by atoms with van der Waals surface area (Å²) in [5, 5.41) is 7.72. The van der Waals surface area contributed by atoms with E-state index in [9.17, 15) is 0 Å². The third kappa shape index (κ3) is 4.56. The van der Waals surface area contributed by atoms with Gasteiger partial charge >= 0.3 is 0 Å². The van der Waals surface area contributed by atoms with Crippen LogP contribution in [0.3, 0.4) is 0 Å². The molecule has 1 N–H and O–H groups in total. The maximum atomic E-state index is 5.72. The number of anilines is 1. The highest BCUT2D eigenvalue weighted by Crippen LogP contribution is 2.12. The number of benzene rings is 1. The summed E-state index contributed by atoms with van der Waals surface area (Å²) in [5.41, 5.74) is 3.23. The summed E-state index contributed by atoms with van der Waals surface area (Å²) in [5.74, 6) is 2.35. The molecule has 2 heterocycles. The van der Waals surface area contributed by atoms with Gasteiger partial charge in [0.15, 0.2) is 5.82 Å². The van der Waals surface area contributed by atoms with Crippen LogP contribution in [0.4, 0.5) is 5.82 Å². The predicted molar refractivity (Wildman–Crippen MR) is 98.4 cm³/mol. The smallest absolute Gasteiger partial charge is 0.174 e. The number of hydrogen-bond donors (Lipinski definition) is 1. The van der Waals surface area contributed by atoms with Crippen LogP contribution in [0.2, 0.25) is 0 Å². The van der Waals surface area contributed by atoms with E-state index in [0.717, 1.165) is 35.9 Å². The van der Waals surface area contributed by atoms with Crippen LogP contribution >= 0.6 is 0 Å². The number of nitrogens with zero attached hydrogens (tertiary/aromatic N) is 4. The first-order valence-corrected chi connectivity index (χ1v) is 8.41. The Labute approximate surface area is 147 Å². The van der Waals surface area contributed by atoms with Gasteiger partial charge in [-0.1, -0.05) is 17.7 Å². The van der Waals surface area contributed by atoms with Crippen LogP contribution in [-0.2, 0) is 0 Å². The molecular formula is C19H23N5O. The van der Waals surface area contributed by atoms with Crippen molar-refractivity contribution >= 4 is 5.82 Å². The second-order valence-electron chi connectivity index (χ2n) is 6.04. The molecular weight excluding hydrogens is 314 g/mol. The van der Waals surface area contributed by atoms with E-state index in [1.165, 1.54) is 5.56 Å². The van der Waals surface area contributed by atoms with Crippen molar-refractivity contribution in [2.75, 3.05) is 18.5 Å². The molecule has 1 aromatic carbocycles. The van der Waals surface area contributed by atoms with Gasteiger partial charge in [0.25, 0.3) is 0 Å². The van der Waals surface area contributed by atoms with Crippen LogP contribution in [-0.4, -0.2) is 32.9 Å². The van der Waals surface area contributed by atoms with Crippen LogP contribution in [0.1, 0.15) is 23.4 Å². The number of aryl methyl sites for hydroxylation is 3. The largest absolute Gasteiger partial charge is 0.494 e. The monoisotopic (exact) mass is 337 g/mol. The Balaban J connectivity index is 1.49. The number of nitrogens with one attached hydrogen (secondary N) is 1. The van der Waals surface area contributed by atoms with E-state index < -0.39 is 0 Å². The van der Waals surface area contributed by atoms with E-state index in [2.05, 4.69) is 27.3 Å². The summed E-state index contributed by atoms with van der Waals surface area (Å²) < 4.78 is 7.52. The molecule has 0 spiro atoms. The van der Waals surface area contributed by atoms with Crippen molar-refractivity contribution in [3.8, 4) is 11.6 Å². The van der Waals surface area contributed by atoms with Crippen LogP contribution < -0.4 is 10.1 Å². The maximum absolute atomic E-state index is 5.72. The number of rotatable bonds is 7. The lowest BCUT2D eigenvalue weighted by Gasteiger charge is -2.09. The topological polar surface area (TPSA) is 64.9 Å². The molecule has 0 saturated carbocycles. The highest BCUT2D eigenvalue weighted by atomic mass is 16.5. The van der Waals surface area contributed by atoms with Gasteiger partial charge in [0.05, 0.1) is 24.7 Å². The summed E-state index contributed by atoms with van der Waals surface area (Å²) in [4.78, 5) is 8.82. The highest BCUT2D eigenvalue weighted by molar-refractivity contribution is 5.36. The Morgan fingerprint density at radius 3 is 2.60 bits per heavy atom. The van der Waals surface area contributed by atoms with Crippen LogP contribution in [0.5, 0.6) is 5.75 Å². The summed E-state index contributed by atoms with van der Waals surface area (Å²) in [6, 6.07) is 10.1. The third-order valence-electron chi connectivity index (χ3n) is 3.77. The summed E-state index contributed by atoms with van der Waals surface area (Å²) in [7, 11) is 0. The van der Waals surface area contributed by atoms with E-state index in [0.29, 0.717) is 12.4 Å². The van der Waals surface area contributed by atoms with Crippen LogP contribution in [0, 0.1) is 20.8 Å². The van der Waals surface area contributed by atoms with Crippen molar-refractivity contribution in [2.45, 2.75) is 27.2 Å². The molecule has 0 aliphatic heterocycles. The molecule has 6 heteroatoms. The quantitative estimate of drug-likeness (QED) is 0.669. The van der Waals surface area contributed by atoms with Crippen molar-refractivity contribution in [1.82, 2.24) is 19.7 Å². The Kier molecular flexibility index (Phi) is 5.28. The minimum Gasteiger partial charge on any atom is -0.494 e. The van der Waals surface area contributed by atoms with Gasteiger partial charge in [-0.3, -0.25) is 4.98 Å². The third-order valence-corrected chi connectivity index (χ3v) is 3.77. The van der Waals surface area contributed by atoms with Gasteiger partial charge in [-0.25, -0.2) is 9.67 Å². The normalized spacial score (nSPS) is 10.7. The molecule has 0 unspecified atom stereocenters. The highest BCUT2D eigenvalue weighted by Gasteiger charge is 2.06. The average Bonchev–Trinajstić information content (AvgIpc) is 2.95. The fourth-order valence-corrected chi connectivity index (χ4v) is 2.52. The first kappa shape index (κ1) is 17.0. The first-order valence-electron chi connectivity index (χ1n) is 8.41. The molecule has 3 aromatic rings. The van der Waals surface area contributed by atoms with Gasteiger partial charge < -0.3 is 10.1 Å². The Morgan fingerprint density at radius 1 is 1.08 bits per heavy atom. The Bertz CT molecular complexity index is 826. The second-order valence-corrected chi connectivity index (χ2v) is 6.04. The number of aromatic nitrogens is 4. The Morgan fingerprint density at radius 2 is 1.88 bits per heavy atom. The first-order chi connectivity index (χ1) is 12.1. The molecule has 3 rings (SSSR count). The lowest BCUT2D eigenvalue weighted by Crippen LogP contribution is -2.10. The Hall–Kier alpha value is -2.89. The molecule has 0 radical (unpaired) electrons. The summed E-state index contributed by atoms with van der Waals surface area (Å²) >= 11 is 0.